The number of aryl methyl sites for hydroxylation is 1. The highest BCUT2D eigenvalue weighted by molar-refractivity contribution is 7.09. The molecule has 2 unspecified atom stereocenters. The van der Waals surface area contributed by atoms with E-state index in [0.29, 0.717) is 12.1 Å². The Labute approximate surface area is 115 Å². The topological polar surface area (TPSA) is 28.2 Å². The van der Waals surface area contributed by atoms with Crippen molar-refractivity contribution in [3.63, 3.8) is 0 Å². The van der Waals surface area contributed by atoms with Crippen LogP contribution in [0.3, 0.4) is 0 Å². The lowest BCUT2D eigenvalue weighted by molar-refractivity contribution is 0.116. The first-order chi connectivity index (χ1) is 8.76. The zero-order chi connectivity index (χ0) is 13.0. The summed E-state index contributed by atoms with van der Waals surface area (Å²) in [7, 11) is 0. The van der Waals surface area contributed by atoms with Crippen LogP contribution in [0.25, 0.3) is 0 Å². The molecule has 2 rings (SSSR count). The minimum Gasteiger partial charge on any atom is -0.311 e. The van der Waals surface area contributed by atoms with Crippen LogP contribution in [0.15, 0.2) is 5.38 Å². The molecule has 1 aromatic heterocycles. The molecule has 0 saturated carbocycles. The molecule has 3 nitrogen and oxygen atoms in total. The summed E-state index contributed by atoms with van der Waals surface area (Å²) in [5.74, 6) is 0. The fraction of sp³-hybridized carbons (Fsp3) is 0.786. The minimum atomic E-state index is 0.650. The van der Waals surface area contributed by atoms with Gasteiger partial charge in [-0.05, 0) is 19.3 Å². The highest BCUT2D eigenvalue weighted by Crippen LogP contribution is 2.18. The van der Waals surface area contributed by atoms with E-state index in [-0.39, 0.29) is 0 Å². The third-order valence-electron chi connectivity index (χ3n) is 3.84. The molecule has 2 atom stereocenters. The third kappa shape index (κ3) is 3.31. The number of piperazine rings is 1. The van der Waals surface area contributed by atoms with E-state index in [1.54, 1.807) is 11.3 Å². The van der Waals surface area contributed by atoms with Gasteiger partial charge >= 0.3 is 0 Å². The standard InChI is InChI=1S/C14H25N3S/c1-4-11-8-17(13(5-2)7-15-11)9-12-10-18-14(6-3)16-12/h10-11,13,15H,4-9H2,1-3H3. The van der Waals surface area contributed by atoms with Crippen molar-refractivity contribution in [1.82, 2.24) is 15.2 Å². The van der Waals surface area contributed by atoms with E-state index >= 15 is 0 Å². The average Bonchev–Trinajstić information content (AvgIpc) is 2.86. The van der Waals surface area contributed by atoms with Gasteiger partial charge in [-0.3, -0.25) is 4.90 Å². The van der Waals surface area contributed by atoms with Gasteiger partial charge in [-0.2, -0.15) is 0 Å². The molecule has 0 bridgehead atoms. The largest absolute Gasteiger partial charge is 0.311 e. The van der Waals surface area contributed by atoms with Crippen LogP contribution in [0.5, 0.6) is 0 Å². The summed E-state index contributed by atoms with van der Waals surface area (Å²) in [5, 5.41) is 7.14. The summed E-state index contributed by atoms with van der Waals surface area (Å²) in [6.07, 6.45) is 3.49. The predicted molar refractivity (Wildman–Crippen MR) is 78.1 cm³/mol. The van der Waals surface area contributed by atoms with Gasteiger partial charge in [-0.25, -0.2) is 4.98 Å². The predicted octanol–water partition coefficient (Wildman–Crippen LogP) is 2.67. The summed E-state index contributed by atoms with van der Waals surface area (Å²) in [6.45, 7) is 10.0. The van der Waals surface area contributed by atoms with Crippen LogP contribution < -0.4 is 5.32 Å². The Kier molecular flexibility index (Phi) is 5.15. The summed E-state index contributed by atoms with van der Waals surface area (Å²) >= 11 is 1.80. The van der Waals surface area contributed by atoms with Gasteiger partial charge in [0.2, 0.25) is 0 Å². The smallest absolute Gasteiger partial charge is 0.0926 e. The van der Waals surface area contributed by atoms with Gasteiger partial charge in [0.15, 0.2) is 0 Å². The van der Waals surface area contributed by atoms with Crippen molar-refractivity contribution in [3.05, 3.63) is 16.1 Å². The number of aromatic nitrogens is 1. The monoisotopic (exact) mass is 267 g/mol. The molecule has 0 aromatic carbocycles. The van der Waals surface area contributed by atoms with Crippen LogP contribution in [-0.2, 0) is 13.0 Å². The molecule has 1 aromatic rings. The van der Waals surface area contributed by atoms with E-state index in [1.165, 1.54) is 23.5 Å². The molecule has 1 aliphatic heterocycles. The molecule has 1 aliphatic rings. The van der Waals surface area contributed by atoms with E-state index in [9.17, 15) is 0 Å². The van der Waals surface area contributed by atoms with Crippen LogP contribution in [0.2, 0.25) is 0 Å². The van der Waals surface area contributed by atoms with E-state index in [0.717, 1.165) is 26.1 Å². The number of nitrogens with one attached hydrogen (secondary N) is 1. The van der Waals surface area contributed by atoms with E-state index < -0.39 is 0 Å². The van der Waals surface area contributed by atoms with Crippen molar-refractivity contribution < 1.29 is 0 Å². The summed E-state index contributed by atoms with van der Waals surface area (Å²) < 4.78 is 0. The first-order valence-corrected chi connectivity index (χ1v) is 8.05. The Bertz CT molecular complexity index is 364. The summed E-state index contributed by atoms with van der Waals surface area (Å²) in [4.78, 5) is 7.31. The third-order valence-corrected chi connectivity index (χ3v) is 4.89. The van der Waals surface area contributed by atoms with Crippen LogP contribution in [-0.4, -0.2) is 35.1 Å². The second kappa shape index (κ2) is 6.64. The van der Waals surface area contributed by atoms with Crippen LogP contribution in [0.1, 0.15) is 44.3 Å². The quantitative estimate of drug-likeness (QED) is 0.889. The fourth-order valence-electron chi connectivity index (χ4n) is 2.59. The zero-order valence-corrected chi connectivity index (χ0v) is 12.6. The van der Waals surface area contributed by atoms with Gasteiger partial charge in [-0.15, -0.1) is 11.3 Å². The van der Waals surface area contributed by atoms with Crippen molar-refractivity contribution in [3.8, 4) is 0 Å². The van der Waals surface area contributed by atoms with Crippen molar-refractivity contribution in [2.75, 3.05) is 13.1 Å². The van der Waals surface area contributed by atoms with E-state index in [4.69, 9.17) is 4.98 Å². The molecule has 2 heterocycles. The Morgan fingerprint density at radius 2 is 2.22 bits per heavy atom. The van der Waals surface area contributed by atoms with Gasteiger partial charge in [0.1, 0.15) is 0 Å². The maximum absolute atomic E-state index is 4.70. The highest BCUT2D eigenvalue weighted by Gasteiger charge is 2.26. The average molecular weight is 267 g/mol. The summed E-state index contributed by atoms with van der Waals surface area (Å²) in [6, 6.07) is 1.32. The maximum atomic E-state index is 4.70. The second-order valence-corrected chi connectivity index (χ2v) is 6.03. The SMILES string of the molecule is CCc1nc(CN2CC(CC)NCC2CC)cs1. The van der Waals surface area contributed by atoms with Crippen LogP contribution in [0.4, 0.5) is 0 Å². The number of hydrogen-bond acceptors (Lipinski definition) is 4. The Hall–Kier alpha value is -0.450. The molecule has 1 fully saturated rings. The number of thiazole rings is 1. The molecule has 0 amide bonds. The van der Waals surface area contributed by atoms with Crippen molar-refractivity contribution >= 4 is 11.3 Å². The van der Waals surface area contributed by atoms with Gasteiger partial charge in [0.25, 0.3) is 0 Å². The molecule has 0 spiro atoms. The molecule has 4 heteroatoms. The molecule has 0 aliphatic carbocycles. The number of hydrogen-bond donors (Lipinski definition) is 1. The molecule has 1 N–H and O–H groups in total. The zero-order valence-electron chi connectivity index (χ0n) is 11.8. The van der Waals surface area contributed by atoms with Crippen LogP contribution in [0, 0.1) is 0 Å². The molecular formula is C14H25N3S. The van der Waals surface area contributed by atoms with Crippen molar-refractivity contribution in [1.29, 1.82) is 0 Å². The Morgan fingerprint density at radius 3 is 2.83 bits per heavy atom. The normalized spacial score (nSPS) is 25.5. The number of nitrogens with zero attached hydrogens (tertiary/aromatic N) is 2. The lowest BCUT2D eigenvalue weighted by Gasteiger charge is -2.39. The Balaban J connectivity index is 1.99. The lowest BCUT2D eigenvalue weighted by atomic mass is 10.1. The fourth-order valence-corrected chi connectivity index (χ4v) is 3.33. The van der Waals surface area contributed by atoms with Crippen LogP contribution >= 0.6 is 11.3 Å². The Morgan fingerprint density at radius 1 is 1.39 bits per heavy atom. The first-order valence-electron chi connectivity index (χ1n) is 7.17. The molecule has 102 valence electrons. The second-order valence-electron chi connectivity index (χ2n) is 5.09. The minimum absolute atomic E-state index is 0.650. The first kappa shape index (κ1) is 14.0. The lowest BCUT2D eigenvalue weighted by Crippen LogP contribution is -2.55. The van der Waals surface area contributed by atoms with E-state index in [2.05, 4.69) is 36.4 Å². The molecule has 1 saturated heterocycles. The number of rotatable bonds is 5. The molecule has 0 radical (unpaired) electrons. The van der Waals surface area contributed by atoms with Crippen molar-refractivity contribution in [2.24, 2.45) is 0 Å². The van der Waals surface area contributed by atoms with Crippen molar-refractivity contribution in [2.45, 2.75) is 58.7 Å². The van der Waals surface area contributed by atoms with Gasteiger partial charge in [-0.1, -0.05) is 20.8 Å². The van der Waals surface area contributed by atoms with Gasteiger partial charge < -0.3 is 5.32 Å². The highest BCUT2D eigenvalue weighted by atomic mass is 32.1. The van der Waals surface area contributed by atoms with Gasteiger partial charge in [0, 0.05) is 37.1 Å². The molecular weight excluding hydrogens is 242 g/mol. The van der Waals surface area contributed by atoms with E-state index in [1.807, 2.05) is 0 Å². The molecule has 18 heavy (non-hydrogen) atoms. The summed E-state index contributed by atoms with van der Waals surface area (Å²) in [5.41, 5.74) is 1.26. The maximum Gasteiger partial charge on any atom is 0.0926 e. The van der Waals surface area contributed by atoms with Gasteiger partial charge in [0.05, 0.1) is 10.7 Å².